The topological polar surface area (TPSA) is 114 Å². The molecule has 1 aliphatic rings. The first-order chi connectivity index (χ1) is 15.0. The number of methoxy groups -OCH3 is 3. The number of nitrogens with one attached hydrogen (secondary N) is 1. The van der Waals surface area contributed by atoms with Crippen molar-refractivity contribution >= 4 is 11.9 Å². The van der Waals surface area contributed by atoms with Gasteiger partial charge in [-0.2, -0.15) is 4.98 Å². The molecule has 1 amide bonds. The van der Waals surface area contributed by atoms with Gasteiger partial charge in [0.1, 0.15) is 11.8 Å². The molecule has 0 aliphatic carbocycles. The molecule has 0 fully saturated rings. The van der Waals surface area contributed by atoms with Crippen molar-refractivity contribution in [2.75, 3.05) is 26.6 Å². The van der Waals surface area contributed by atoms with Crippen molar-refractivity contribution in [2.24, 2.45) is 5.73 Å². The average molecular weight is 421 g/mol. The van der Waals surface area contributed by atoms with Gasteiger partial charge in [-0.3, -0.25) is 4.79 Å². The molecule has 0 spiro atoms. The lowest BCUT2D eigenvalue weighted by molar-refractivity contribution is -0.115. The maximum Gasteiger partial charge on any atom is 0.248 e. The van der Waals surface area contributed by atoms with Crippen LogP contribution < -0.4 is 25.3 Å². The minimum absolute atomic E-state index is 0.407. The van der Waals surface area contributed by atoms with Gasteiger partial charge in [0.2, 0.25) is 11.9 Å². The number of anilines is 1. The van der Waals surface area contributed by atoms with Crippen molar-refractivity contribution in [2.45, 2.75) is 13.0 Å². The number of primary amides is 1. The lowest BCUT2D eigenvalue weighted by atomic mass is 9.95. The van der Waals surface area contributed by atoms with Crippen LogP contribution in [0.1, 0.15) is 18.5 Å². The summed E-state index contributed by atoms with van der Waals surface area (Å²) in [6, 6.07) is 12.3. The fourth-order valence-corrected chi connectivity index (χ4v) is 3.69. The molecule has 0 radical (unpaired) electrons. The van der Waals surface area contributed by atoms with Crippen LogP contribution >= 0.6 is 0 Å². The third-order valence-electron chi connectivity index (χ3n) is 5.17. The van der Waals surface area contributed by atoms with Crippen LogP contribution in [0.4, 0.5) is 5.95 Å². The number of fused-ring (bicyclic) bond motifs is 1. The number of aromatic nitrogens is 3. The van der Waals surface area contributed by atoms with Gasteiger partial charge in [0.05, 0.1) is 26.9 Å². The zero-order valence-corrected chi connectivity index (χ0v) is 17.7. The summed E-state index contributed by atoms with van der Waals surface area (Å²) in [5.74, 6) is 2.27. The lowest BCUT2D eigenvalue weighted by Crippen LogP contribution is -2.31. The summed E-state index contributed by atoms with van der Waals surface area (Å²) in [4.78, 5) is 17.0. The van der Waals surface area contributed by atoms with Crippen LogP contribution in [-0.4, -0.2) is 42.0 Å². The molecular formula is C22H23N5O4. The van der Waals surface area contributed by atoms with E-state index in [9.17, 15) is 4.79 Å². The van der Waals surface area contributed by atoms with E-state index in [0.29, 0.717) is 40.3 Å². The minimum Gasteiger partial charge on any atom is -0.497 e. The number of amides is 1. The van der Waals surface area contributed by atoms with Gasteiger partial charge in [-0.15, -0.1) is 5.10 Å². The Labute approximate surface area is 179 Å². The summed E-state index contributed by atoms with van der Waals surface area (Å²) in [6.45, 7) is 1.79. The molecule has 3 N–H and O–H groups in total. The first-order valence-corrected chi connectivity index (χ1v) is 9.57. The summed E-state index contributed by atoms with van der Waals surface area (Å²) in [5, 5.41) is 7.84. The van der Waals surface area contributed by atoms with Crippen LogP contribution in [0.15, 0.2) is 53.7 Å². The monoisotopic (exact) mass is 421 g/mol. The molecule has 4 rings (SSSR count). The predicted octanol–water partition coefficient (Wildman–Crippen LogP) is 2.75. The number of allylic oxidation sites excluding steroid dienone is 1. The number of nitrogens with two attached hydrogens (primary N) is 1. The maximum absolute atomic E-state index is 12.3. The Balaban J connectivity index is 1.86. The van der Waals surface area contributed by atoms with Crippen molar-refractivity contribution in [3.63, 3.8) is 0 Å². The molecule has 2 aromatic carbocycles. The van der Waals surface area contributed by atoms with Gasteiger partial charge in [0.25, 0.3) is 0 Å². The Morgan fingerprint density at radius 3 is 2.52 bits per heavy atom. The second-order valence-corrected chi connectivity index (χ2v) is 6.98. The number of nitrogens with zero attached hydrogens (tertiary/aromatic N) is 3. The quantitative estimate of drug-likeness (QED) is 0.629. The smallest absolute Gasteiger partial charge is 0.248 e. The van der Waals surface area contributed by atoms with E-state index in [2.05, 4.69) is 10.3 Å². The summed E-state index contributed by atoms with van der Waals surface area (Å²) >= 11 is 0. The van der Waals surface area contributed by atoms with Crippen LogP contribution in [0, 0.1) is 0 Å². The molecule has 160 valence electrons. The number of benzene rings is 2. The molecule has 0 saturated carbocycles. The predicted molar refractivity (Wildman–Crippen MR) is 115 cm³/mol. The minimum atomic E-state index is -0.551. The van der Waals surface area contributed by atoms with Crippen LogP contribution in [-0.2, 0) is 4.79 Å². The van der Waals surface area contributed by atoms with E-state index < -0.39 is 11.9 Å². The van der Waals surface area contributed by atoms with Gasteiger partial charge in [-0.25, -0.2) is 4.68 Å². The highest BCUT2D eigenvalue weighted by atomic mass is 16.5. The molecule has 31 heavy (non-hydrogen) atoms. The number of rotatable bonds is 6. The van der Waals surface area contributed by atoms with Crippen molar-refractivity contribution in [3.05, 3.63) is 59.3 Å². The fourth-order valence-electron chi connectivity index (χ4n) is 3.69. The average Bonchev–Trinajstić information content (AvgIpc) is 3.20. The molecular weight excluding hydrogens is 398 g/mol. The summed E-state index contributed by atoms with van der Waals surface area (Å²) in [7, 11) is 4.74. The largest absolute Gasteiger partial charge is 0.497 e. The highest BCUT2D eigenvalue weighted by molar-refractivity contribution is 5.95. The van der Waals surface area contributed by atoms with E-state index in [0.717, 1.165) is 11.1 Å². The standard InChI is InChI=1S/C22H23N5O4/c1-12-18(20(23)28)19(13-6-5-7-15(10-13)29-2)27-22(24-12)25-21(26-27)14-8-9-16(30-3)17(11-14)31-4/h5-11,19H,1-4H3,(H2,23,28)(H,24,25,26). The molecule has 1 unspecified atom stereocenters. The van der Waals surface area contributed by atoms with Gasteiger partial charge in [0.15, 0.2) is 17.3 Å². The summed E-state index contributed by atoms with van der Waals surface area (Å²) in [6.07, 6.45) is 0. The maximum atomic E-state index is 12.3. The van der Waals surface area contributed by atoms with Crippen molar-refractivity contribution in [3.8, 4) is 28.6 Å². The zero-order valence-electron chi connectivity index (χ0n) is 17.7. The number of carbonyl (C=O) groups excluding carboxylic acids is 1. The molecule has 9 heteroatoms. The van der Waals surface area contributed by atoms with E-state index in [4.69, 9.17) is 25.0 Å². The number of ether oxygens (including phenoxy) is 3. The van der Waals surface area contributed by atoms with Crippen LogP contribution in [0.3, 0.4) is 0 Å². The molecule has 0 bridgehead atoms. The Kier molecular flexibility index (Phi) is 5.24. The molecule has 1 atom stereocenters. The van der Waals surface area contributed by atoms with Crippen molar-refractivity contribution in [1.82, 2.24) is 14.8 Å². The second-order valence-electron chi connectivity index (χ2n) is 6.98. The molecule has 2 heterocycles. The SMILES string of the molecule is COc1cccc(C2C(C(N)=O)=C(C)Nc3nc(-c4ccc(OC)c(OC)c4)nn32)c1. The Morgan fingerprint density at radius 1 is 1.06 bits per heavy atom. The van der Waals surface area contributed by atoms with E-state index in [-0.39, 0.29) is 0 Å². The Bertz CT molecular complexity index is 1180. The molecule has 1 aromatic heterocycles. The van der Waals surface area contributed by atoms with Crippen molar-refractivity contribution < 1.29 is 19.0 Å². The van der Waals surface area contributed by atoms with E-state index in [1.807, 2.05) is 30.3 Å². The van der Waals surface area contributed by atoms with Gasteiger partial charge in [0, 0.05) is 11.3 Å². The highest BCUT2D eigenvalue weighted by Crippen LogP contribution is 2.38. The van der Waals surface area contributed by atoms with Crippen LogP contribution in [0.25, 0.3) is 11.4 Å². The Morgan fingerprint density at radius 2 is 1.84 bits per heavy atom. The summed E-state index contributed by atoms with van der Waals surface area (Å²) < 4.78 is 17.7. The van der Waals surface area contributed by atoms with Gasteiger partial charge >= 0.3 is 0 Å². The van der Waals surface area contributed by atoms with Crippen molar-refractivity contribution in [1.29, 1.82) is 0 Å². The van der Waals surface area contributed by atoms with E-state index in [1.165, 1.54) is 0 Å². The highest BCUT2D eigenvalue weighted by Gasteiger charge is 2.33. The first-order valence-electron chi connectivity index (χ1n) is 9.57. The van der Waals surface area contributed by atoms with Gasteiger partial charge in [-0.05, 0) is 42.8 Å². The molecule has 9 nitrogen and oxygen atoms in total. The van der Waals surface area contributed by atoms with Gasteiger partial charge in [-0.1, -0.05) is 12.1 Å². The van der Waals surface area contributed by atoms with Gasteiger partial charge < -0.3 is 25.3 Å². The molecule has 3 aromatic rings. The molecule has 1 aliphatic heterocycles. The summed E-state index contributed by atoms with van der Waals surface area (Å²) in [5.41, 5.74) is 8.32. The fraction of sp³-hybridized carbons (Fsp3) is 0.227. The van der Waals surface area contributed by atoms with Crippen LogP contribution in [0.5, 0.6) is 17.2 Å². The second kappa shape index (κ2) is 8.02. The third-order valence-corrected chi connectivity index (χ3v) is 5.17. The lowest BCUT2D eigenvalue weighted by Gasteiger charge is -2.27. The third kappa shape index (κ3) is 3.54. The zero-order chi connectivity index (χ0) is 22.1. The van der Waals surface area contributed by atoms with E-state index in [1.54, 1.807) is 45.1 Å². The molecule has 0 saturated heterocycles. The first kappa shape index (κ1) is 20.3. The Hall–Kier alpha value is -4.01. The number of hydrogen-bond donors (Lipinski definition) is 2. The normalized spacial score (nSPS) is 15.2. The number of hydrogen-bond acceptors (Lipinski definition) is 7. The van der Waals surface area contributed by atoms with E-state index >= 15 is 0 Å². The number of carbonyl (C=O) groups is 1. The van der Waals surface area contributed by atoms with Crippen LogP contribution in [0.2, 0.25) is 0 Å².